The first-order chi connectivity index (χ1) is 44.5. The number of ether oxygens (including phenoxy) is 5. The van der Waals surface area contributed by atoms with Gasteiger partial charge in [-0.3, -0.25) is 37.4 Å². The highest BCUT2D eigenvalue weighted by atomic mass is 32.2. The lowest BCUT2D eigenvalue weighted by Gasteiger charge is -2.35. The van der Waals surface area contributed by atoms with Crippen LogP contribution in [0.2, 0.25) is 24.2 Å². The molecule has 45 heteroatoms. The molecule has 0 fully saturated rings. The second kappa shape index (κ2) is 47.1. The van der Waals surface area contributed by atoms with E-state index in [2.05, 4.69) is 0 Å². The number of nitrogens with zero attached hydrogens (tertiary/aromatic N) is 4. The Kier molecular flexibility index (Phi) is 46.0. The van der Waals surface area contributed by atoms with Gasteiger partial charge in [-0.25, -0.2) is 0 Å². The standard InChI is InChI=1S/C52H110N4O33S4Si4/c1-3-51(43-86-47(57)17-29-53(25-13-37-94(73,74)75)21-5-9-33-90(61,62)63,44-87-48(58)18-30-54(26-14-38-95(76,77)78)22-6-10-34-91(64,65)66)41-85-42-52(4-2,45-88-49(59)19-31-55(27-15-39-96(79,80)81)23-7-11-35-92(67,68)69)46-89-50(60)20-32-56(28-16-40-97(82,83)84)24-8-12-36-93(70,71)72/h73-84H,3-46H2,1-2H3,(H,61,62,63)(H,64,65,66)(H,67,68,69)(H,70,71,72). The number of esters is 4. The zero-order valence-electron chi connectivity index (χ0n) is 55.6. The Balaban J connectivity index is 7.21. The number of carbonyl (C=O) groups is 4. The summed E-state index contributed by atoms with van der Waals surface area (Å²) < 4.78 is 157. The quantitative estimate of drug-likeness (QED) is 0.00929. The third-order valence-corrected chi connectivity index (χ3v) is 22.8. The summed E-state index contributed by atoms with van der Waals surface area (Å²) in [4.78, 5) is 176. The Morgan fingerprint density at radius 2 is 0.485 bits per heavy atom. The minimum Gasteiger partial charge on any atom is -0.465 e. The van der Waals surface area contributed by atoms with E-state index in [-0.39, 0.29) is 232 Å². The van der Waals surface area contributed by atoms with E-state index < -0.39 is 160 Å². The minimum atomic E-state index is -4.47. The Morgan fingerprint density at radius 3 is 0.649 bits per heavy atom. The number of hydrogen-bond donors (Lipinski definition) is 16. The molecule has 0 aromatic carbocycles. The highest BCUT2D eigenvalue weighted by Crippen LogP contribution is 2.30. The molecule has 0 saturated carbocycles. The fourth-order valence-corrected chi connectivity index (χ4v) is 14.4. The number of rotatable bonds is 62. The van der Waals surface area contributed by atoms with Crippen LogP contribution in [-0.2, 0) is 83.3 Å². The van der Waals surface area contributed by atoms with Gasteiger partial charge in [0.2, 0.25) is 0 Å². The highest BCUT2D eigenvalue weighted by Gasteiger charge is 2.38. The van der Waals surface area contributed by atoms with Gasteiger partial charge >= 0.3 is 59.1 Å². The van der Waals surface area contributed by atoms with E-state index in [1.165, 1.54) is 0 Å². The molecule has 0 unspecified atom stereocenters. The molecule has 0 heterocycles. The summed E-state index contributed by atoms with van der Waals surface area (Å²) in [5, 5.41) is 0. The fraction of sp³-hybridized carbons (Fsp3) is 0.923. The first kappa shape index (κ1) is 94.7. The maximum absolute atomic E-state index is 13.6. The normalized spacial score (nSPS) is 13.5. The van der Waals surface area contributed by atoms with Crippen molar-refractivity contribution in [3.63, 3.8) is 0 Å². The van der Waals surface area contributed by atoms with Crippen molar-refractivity contribution in [3.8, 4) is 0 Å². The summed E-state index contributed by atoms with van der Waals surface area (Å²) in [5.74, 6) is -5.37. The lowest BCUT2D eigenvalue weighted by molar-refractivity contribution is -0.163. The zero-order chi connectivity index (χ0) is 74.3. The van der Waals surface area contributed by atoms with Crippen LogP contribution in [0.1, 0.15) is 129 Å². The molecule has 37 nitrogen and oxygen atoms in total. The summed E-state index contributed by atoms with van der Waals surface area (Å²) >= 11 is 0. The molecule has 0 radical (unpaired) electrons. The maximum Gasteiger partial charge on any atom is 0.492 e. The van der Waals surface area contributed by atoms with Crippen LogP contribution in [0.15, 0.2) is 0 Å². The molecule has 0 atom stereocenters. The monoisotopic (exact) mass is 1560 g/mol. The number of carbonyl (C=O) groups excluding carboxylic acids is 4. The van der Waals surface area contributed by atoms with Crippen LogP contribution >= 0.6 is 0 Å². The van der Waals surface area contributed by atoms with Gasteiger partial charge in [-0.1, -0.05) is 13.8 Å². The summed E-state index contributed by atoms with van der Waals surface area (Å²) in [6, 6.07) is -1.42. The molecule has 16 N–H and O–H groups in total. The van der Waals surface area contributed by atoms with E-state index in [4.69, 9.17) is 23.7 Å². The van der Waals surface area contributed by atoms with Crippen molar-refractivity contribution >= 4 is 99.6 Å². The van der Waals surface area contributed by atoms with Gasteiger partial charge in [0.15, 0.2) is 0 Å². The summed E-state index contributed by atoms with van der Waals surface area (Å²) in [6.07, 6.45) is 0.196. The second-order valence-electron chi connectivity index (χ2n) is 24.7. The summed E-state index contributed by atoms with van der Waals surface area (Å²) in [7, 11) is -35.0. The third kappa shape index (κ3) is 58.9. The minimum absolute atomic E-state index is 0.0183. The molecular weight excluding hydrogens is 1450 g/mol. The van der Waals surface area contributed by atoms with Crippen LogP contribution in [0.3, 0.4) is 0 Å². The van der Waals surface area contributed by atoms with Gasteiger partial charge in [0.05, 0.1) is 72.7 Å². The van der Waals surface area contributed by atoms with Crippen molar-refractivity contribution in [2.75, 3.05) is 141 Å². The topological polar surface area (TPSA) is 588 Å². The average molecular weight is 1560 g/mol. The Bertz CT molecular complexity index is 2360. The van der Waals surface area contributed by atoms with E-state index in [0.29, 0.717) is 0 Å². The Hall–Kier alpha value is -2.29. The molecule has 0 bridgehead atoms. The largest absolute Gasteiger partial charge is 0.492 e. The van der Waals surface area contributed by atoms with Gasteiger partial charge in [0.1, 0.15) is 26.4 Å². The van der Waals surface area contributed by atoms with Crippen molar-refractivity contribution in [2.24, 2.45) is 10.8 Å². The molecular formula is C52H110N4O33S4Si4. The highest BCUT2D eigenvalue weighted by molar-refractivity contribution is 7.86. The van der Waals surface area contributed by atoms with Gasteiger partial charge in [-0.2, -0.15) is 33.7 Å². The van der Waals surface area contributed by atoms with Gasteiger partial charge in [-0.05, 0) is 142 Å². The van der Waals surface area contributed by atoms with Crippen LogP contribution in [0.4, 0.5) is 0 Å². The van der Waals surface area contributed by atoms with Crippen molar-refractivity contribution in [2.45, 2.75) is 154 Å². The van der Waals surface area contributed by atoms with Gasteiger partial charge < -0.3 is 101 Å². The van der Waals surface area contributed by atoms with Crippen molar-refractivity contribution in [1.29, 1.82) is 0 Å². The van der Waals surface area contributed by atoms with E-state index in [1.54, 1.807) is 33.4 Å². The molecule has 0 aliphatic rings. The molecule has 0 aliphatic carbocycles. The summed E-state index contributed by atoms with van der Waals surface area (Å²) in [6.45, 7) is 1.73. The lowest BCUT2D eigenvalue weighted by Crippen LogP contribution is -2.43. The zero-order valence-corrected chi connectivity index (χ0v) is 62.9. The van der Waals surface area contributed by atoms with Crippen LogP contribution in [0.5, 0.6) is 0 Å². The second-order valence-corrected chi connectivity index (χ2v) is 39.2. The molecule has 576 valence electrons. The smallest absolute Gasteiger partial charge is 0.465 e. The predicted molar refractivity (Wildman–Crippen MR) is 354 cm³/mol. The van der Waals surface area contributed by atoms with Crippen LogP contribution in [0.25, 0.3) is 0 Å². The molecule has 0 amide bonds. The van der Waals surface area contributed by atoms with Gasteiger partial charge in [0, 0.05) is 50.4 Å². The van der Waals surface area contributed by atoms with E-state index in [0.717, 1.165) is 0 Å². The predicted octanol–water partition coefficient (Wildman–Crippen LogP) is -3.37. The van der Waals surface area contributed by atoms with Crippen molar-refractivity contribution in [1.82, 2.24) is 19.6 Å². The lowest BCUT2D eigenvalue weighted by atomic mass is 9.86. The van der Waals surface area contributed by atoms with Crippen LogP contribution < -0.4 is 0 Å². The van der Waals surface area contributed by atoms with E-state index in [9.17, 15) is 129 Å². The van der Waals surface area contributed by atoms with Gasteiger partial charge in [0.25, 0.3) is 40.5 Å². The molecule has 0 spiro atoms. The molecule has 97 heavy (non-hydrogen) atoms. The van der Waals surface area contributed by atoms with Crippen molar-refractivity contribution < 1.29 is 152 Å². The average Bonchev–Trinajstić information content (AvgIpc) is 0.856. The van der Waals surface area contributed by atoms with Crippen molar-refractivity contribution in [3.05, 3.63) is 0 Å². The number of hydrogen-bond acceptors (Lipinski definition) is 33. The van der Waals surface area contributed by atoms with E-state index in [1.807, 2.05) is 0 Å². The SMILES string of the molecule is CCC(COCC(CC)(COC(=O)CCN(CCCCS(=O)(=O)O)CCC[Si](O)(O)O)COC(=O)CCN(CCCCS(=O)(=O)O)CCC[Si](O)(O)O)(COC(=O)CCN(CCCCS(=O)(=O)O)CCC[Si](O)(O)O)COC(=O)CCN(CCCCS(=O)(=O)O)CCC[Si](O)(O)O. The number of unbranched alkanes of at least 4 members (excludes halogenated alkanes) is 4. The van der Waals surface area contributed by atoms with E-state index >= 15 is 0 Å². The van der Waals surface area contributed by atoms with Gasteiger partial charge in [-0.15, -0.1) is 0 Å². The molecule has 0 saturated heterocycles. The van der Waals surface area contributed by atoms with Crippen LogP contribution in [-0.4, -0.2) is 329 Å². The van der Waals surface area contributed by atoms with Crippen LogP contribution in [0, 0.1) is 10.8 Å². The Morgan fingerprint density at radius 1 is 0.299 bits per heavy atom. The molecule has 0 aliphatic heterocycles. The first-order valence-electron chi connectivity index (χ1n) is 32.1. The molecule has 0 aromatic heterocycles. The molecule has 0 rings (SSSR count). The maximum atomic E-state index is 13.6. The summed E-state index contributed by atoms with van der Waals surface area (Å²) in [5.41, 5.74) is -2.77. The third-order valence-electron chi connectivity index (χ3n) is 15.5. The first-order valence-corrected chi connectivity index (χ1v) is 46.8. The fourth-order valence-electron chi connectivity index (χ4n) is 9.55. The molecule has 0 aromatic rings. The Labute approximate surface area is 574 Å².